The van der Waals surface area contributed by atoms with Crippen LogP contribution in [0.5, 0.6) is 5.75 Å². The lowest BCUT2D eigenvalue weighted by Gasteiger charge is -1.99. The van der Waals surface area contributed by atoms with Crippen LogP contribution in [0.15, 0.2) is 40.9 Å². The molecule has 0 aliphatic carbocycles. The summed E-state index contributed by atoms with van der Waals surface area (Å²) in [6.45, 7) is 2.14. The second-order valence-corrected chi connectivity index (χ2v) is 6.60. The van der Waals surface area contributed by atoms with Crippen LogP contribution in [-0.4, -0.2) is 12.9 Å². The molecule has 2 rings (SSSR count). The molecule has 0 fully saturated rings. The molecule has 1 heterocycles. The highest BCUT2D eigenvalue weighted by molar-refractivity contribution is 9.10. The first-order valence-electron chi connectivity index (χ1n) is 6.78. The Morgan fingerprint density at radius 2 is 2.19 bits per heavy atom. The van der Waals surface area contributed by atoms with Crippen molar-refractivity contribution in [2.75, 3.05) is 7.11 Å². The summed E-state index contributed by atoms with van der Waals surface area (Å²) in [5, 5.41) is 0. The van der Waals surface area contributed by atoms with E-state index in [0.29, 0.717) is 0 Å². The first-order chi connectivity index (χ1) is 10.1. The second kappa shape index (κ2) is 7.57. The molecule has 0 aliphatic rings. The molecule has 0 spiro atoms. The van der Waals surface area contributed by atoms with Crippen molar-refractivity contribution in [3.05, 3.63) is 56.2 Å². The number of halogens is 1. The topological polar surface area (TPSA) is 26.3 Å². The number of carbonyl (C=O) groups is 1. The Morgan fingerprint density at radius 1 is 1.38 bits per heavy atom. The minimum absolute atomic E-state index is 0.0332. The molecular weight excluding hydrogens is 348 g/mol. The molecule has 0 radical (unpaired) electrons. The predicted octanol–water partition coefficient (Wildman–Crippen LogP) is 5.37. The Morgan fingerprint density at radius 3 is 2.90 bits per heavy atom. The van der Waals surface area contributed by atoms with Gasteiger partial charge in [0.05, 0.1) is 12.0 Å². The first-order valence-corrected chi connectivity index (χ1v) is 8.39. The lowest BCUT2D eigenvalue weighted by atomic mass is 10.2. The SMILES string of the molecule is CCCc1sc(C(=O)/C=C/c2cccc(OC)c2)cc1Br. The maximum absolute atomic E-state index is 12.2. The molecule has 0 saturated carbocycles. The number of hydrogen-bond acceptors (Lipinski definition) is 3. The number of ketones is 1. The minimum atomic E-state index is 0.0332. The zero-order valence-electron chi connectivity index (χ0n) is 12.1. The first kappa shape index (κ1) is 16.0. The zero-order chi connectivity index (χ0) is 15.2. The highest BCUT2D eigenvalue weighted by Gasteiger charge is 2.10. The van der Waals surface area contributed by atoms with Crippen LogP contribution in [0.4, 0.5) is 0 Å². The fraction of sp³-hybridized carbons (Fsp3) is 0.235. The van der Waals surface area contributed by atoms with E-state index in [4.69, 9.17) is 4.74 Å². The Hall–Kier alpha value is -1.39. The highest BCUT2D eigenvalue weighted by atomic mass is 79.9. The van der Waals surface area contributed by atoms with Crippen LogP contribution in [0.25, 0.3) is 6.08 Å². The largest absolute Gasteiger partial charge is 0.497 e. The van der Waals surface area contributed by atoms with Crippen molar-refractivity contribution in [2.45, 2.75) is 19.8 Å². The van der Waals surface area contributed by atoms with E-state index in [1.807, 2.05) is 36.4 Å². The number of allylic oxidation sites excluding steroid dienone is 1. The summed E-state index contributed by atoms with van der Waals surface area (Å²) in [5.41, 5.74) is 0.951. The molecule has 0 aliphatic heterocycles. The molecule has 0 N–H and O–H groups in total. The molecular formula is C17H17BrO2S. The van der Waals surface area contributed by atoms with Gasteiger partial charge in [-0.25, -0.2) is 0 Å². The molecule has 0 amide bonds. The molecule has 4 heteroatoms. The third kappa shape index (κ3) is 4.29. The van der Waals surface area contributed by atoms with Crippen molar-refractivity contribution in [3.63, 3.8) is 0 Å². The fourth-order valence-corrected chi connectivity index (χ4v) is 3.82. The number of hydrogen-bond donors (Lipinski definition) is 0. The molecule has 21 heavy (non-hydrogen) atoms. The van der Waals surface area contributed by atoms with E-state index in [1.165, 1.54) is 4.88 Å². The van der Waals surface area contributed by atoms with Gasteiger partial charge in [0.25, 0.3) is 0 Å². The van der Waals surface area contributed by atoms with E-state index >= 15 is 0 Å². The summed E-state index contributed by atoms with van der Waals surface area (Å²) in [4.78, 5) is 14.2. The average Bonchev–Trinajstić information content (AvgIpc) is 2.87. The predicted molar refractivity (Wildman–Crippen MR) is 92.4 cm³/mol. The summed E-state index contributed by atoms with van der Waals surface area (Å²) in [6, 6.07) is 9.54. The normalized spacial score (nSPS) is 11.0. The van der Waals surface area contributed by atoms with Crippen LogP contribution in [-0.2, 0) is 6.42 Å². The molecule has 1 aromatic carbocycles. The van der Waals surface area contributed by atoms with Crippen LogP contribution in [0, 0.1) is 0 Å². The van der Waals surface area contributed by atoms with E-state index in [9.17, 15) is 4.79 Å². The third-order valence-corrected chi connectivity index (χ3v) is 5.18. The maximum Gasteiger partial charge on any atom is 0.195 e. The number of ether oxygens (including phenoxy) is 1. The Labute approximate surface area is 137 Å². The average molecular weight is 365 g/mol. The molecule has 1 aromatic heterocycles. The highest BCUT2D eigenvalue weighted by Crippen LogP contribution is 2.29. The number of rotatable bonds is 6. The Kier molecular flexibility index (Phi) is 5.76. The van der Waals surface area contributed by atoms with Crippen LogP contribution in [0.2, 0.25) is 0 Å². The summed E-state index contributed by atoms with van der Waals surface area (Å²) in [7, 11) is 1.63. The molecule has 0 unspecified atom stereocenters. The van der Waals surface area contributed by atoms with Crippen LogP contribution < -0.4 is 4.74 Å². The third-order valence-electron chi connectivity index (χ3n) is 3.00. The smallest absolute Gasteiger partial charge is 0.195 e. The van der Waals surface area contributed by atoms with Gasteiger partial charge in [-0.05, 0) is 52.2 Å². The molecule has 2 nitrogen and oxygen atoms in total. The van der Waals surface area contributed by atoms with Crippen LogP contribution >= 0.6 is 27.3 Å². The van der Waals surface area contributed by atoms with Gasteiger partial charge in [-0.1, -0.05) is 31.6 Å². The van der Waals surface area contributed by atoms with E-state index < -0.39 is 0 Å². The number of benzene rings is 1. The van der Waals surface area contributed by atoms with Gasteiger partial charge in [-0.15, -0.1) is 11.3 Å². The fourth-order valence-electron chi connectivity index (χ4n) is 1.92. The molecule has 2 aromatic rings. The van der Waals surface area contributed by atoms with Crippen molar-refractivity contribution in [2.24, 2.45) is 0 Å². The lowest BCUT2D eigenvalue weighted by Crippen LogP contribution is -1.89. The number of methoxy groups -OCH3 is 1. The van der Waals surface area contributed by atoms with Crippen LogP contribution in [0.3, 0.4) is 0 Å². The molecule has 110 valence electrons. The van der Waals surface area contributed by atoms with E-state index in [1.54, 1.807) is 24.5 Å². The molecule has 0 saturated heterocycles. The van der Waals surface area contributed by atoms with Gasteiger partial charge in [0, 0.05) is 9.35 Å². The number of aryl methyl sites for hydroxylation is 1. The maximum atomic E-state index is 12.2. The number of carbonyl (C=O) groups excluding carboxylic acids is 1. The van der Waals surface area contributed by atoms with Gasteiger partial charge in [0.15, 0.2) is 5.78 Å². The van der Waals surface area contributed by atoms with Crippen molar-refractivity contribution in [1.29, 1.82) is 0 Å². The summed E-state index contributed by atoms with van der Waals surface area (Å²) in [6.07, 6.45) is 5.51. The minimum Gasteiger partial charge on any atom is -0.497 e. The summed E-state index contributed by atoms with van der Waals surface area (Å²) >= 11 is 5.08. The Bertz CT molecular complexity index is 659. The Balaban J connectivity index is 2.13. The number of thiophene rings is 1. The van der Waals surface area contributed by atoms with Gasteiger partial charge in [0.1, 0.15) is 5.75 Å². The zero-order valence-corrected chi connectivity index (χ0v) is 14.5. The van der Waals surface area contributed by atoms with Crippen molar-refractivity contribution < 1.29 is 9.53 Å². The molecule has 0 atom stereocenters. The van der Waals surface area contributed by atoms with Gasteiger partial charge in [0.2, 0.25) is 0 Å². The van der Waals surface area contributed by atoms with Gasteiger partial charge in [-0.3, -0.25) is 4.79 Å². The van der Waals surface area contributed by atoms with E-state index in [-0.39, 0.29) is 5.78 Å². The van der Waals surface area contributed by atoms with E-state index in [0.717, 1.165) is 33.5 Å². The monoisotopic (exact) mass is 364 g/mol. The summed E-state index contributed by atoms with van der Waals surface area (Å²) in [5.74, 6) is 0.819. The van der Waals surface area contributed by atoms with Gasteiger partial charge >= 0.3 is 0 Å². The standard InChI is InChI=1S/C17H17BrO2S/c1-3-5-16-14(18)11-17(21-16)15(19)9-8-12-6-4-7-13(10-12)20-2/h4,6-11H,3,5H2,1-2H3/b9-8+. The molecule has 0 bridgehead atoms. The quantitative estimate of drug-likeness (QED) is 0.508. The van der Waals surface area contributed by atoms with Gasteiger partial charge in [-0.2, -0.15) is 0 Å². The van der Waals surface area contributed by atoms with Crippen LogP contribution in [0.1, 0.15) is 33.5 Å². The van der Waals surface area contributed by atoms with Crippen molar-refractivity contribution in [1.82, 2.24) is 0 Å². The van der Waals surface area contributed by atoms with Gasteiger partial charge < -0.3 is 4.74 Å². The second-order valence-electron chi connectivity index (χ2n) is 4.61. The van der Waals surface area contributed by atoms with E-state index in [2.05, 4.69) is 22.9 Å². The van der Waals surface area contributed by atoms with Crippen molar-refractivity contribution in [3.8, 4) is 5.75 Å². The summed E-state index contributed by atoms with van der Waals surface area (Å²) < 4.78 is 6.20. The van der Waals surface area contributed by atoms with Crippen molar-refractivity contribution >= 4 is 39.1 Å². The lowest BCUT2D eigenvalue weighted by molar-refractivity contribution is 0.105.